The molecule has 1 aliphatic carbocycles. The van der Waals surface area contributed by atoms with Gasteiger partial charge in [-0.25, -0.2) is 4.98 Å². The lowest BCUT2D eigenvalue weighted by Crippen LogP contribution is -2.20. The minimum absolute atomic E-state index is 0.215. The molecule has 0 saturated heterocycles. The van der Waals surface area contributed by atoms with Crippen LogP contribution >= 0.6 is 24.0 Å². The van der Waals surface area contributed by atoms with Crippen molar-refractivity contribution in [2.75, 3.05) is 5.32 Å². The number of rotatable bonds is 3. The molecule has 106 valence electrons. The Morgan fingerprint density at radius 3 is 2.90 bits per heavy atom. The van der Waals surface area contributed by atoms with Gasteiger partial charge in [0.15, 0.2) is 5.13 Å². The third-order valence-corrected chi connectivity index (χ3v) is 3.75. The van der Waals surface area contributed by atoms with Crippen LogP contribution in [-0.4, -0.2) is 16.9 Å². The van der Waals surface area contributed by atoms with Gasteiger partial charge in [-0.1, -0.05) is 24.3 Å². The van der Waals surface area contributed by atoms with E-state index in [9.17, 15) is 9.59 Å². The topological polar surface area (TPSA) is 68.3 Å². The maximum Gasteiger partial charge on any atom is 0.308 e. The number of anilines is 1. The van der Waals surface area contributed by atoms with E-state index in [4.69, 9.17) is 4.74 Å². The van der Waals surface area contributed by atoms with Gasteiger partial charge in [-0.05, 0) is 18.4 Å². The maximum atomic E-state index is 12.3. The lowest BCUT2D eigenvalue weighted by molar-refractivity contribution is -0.136. The van der Waals surface area contributed by atoms with Gasteiger partial charge in [-0.15, -0.1) is 12.6 Å². The molecule has 0 saturated carbocycles. The number of hydrogen-bond acceptors (Lipinski definition) is 6. The Morgan fingerprint density at radius 1 is 1.55 bits per heavy atom. The van der Waals surface area contributed by atoms with Crippen molar-refractivity contribution in [3.8, 4) is 0 Å². The van der Waals surface area contributed by atoms with Crippen molar-refractivity contribution in [2.45, 2.75) is 24.5 Å². The summed E-state index contributed by atoms with van der Waals surface area (Å²) in [6, 6.07) is 0. The highest BCUT2D eigenvalue weighted by Crippen LogP contribution is 2.27. The van der Waals surface area contributed by atoms with Crippen LogP contribution in [-0.2, 0) is 14.3 Å². The highest BCUT2D eigenvalue weighted by atomic mass is 32.2. The average molecular weight is 310 g/mol. The fourth-order valence-electron chi connectivity index (χ4n) is 1.79. The Balaban J connectivity index is 2.21. The van der Waals surface area contributed by atoms with Gasteiger partial charge in [-0.3, -0.25) is 14.9 Å². The van der Waals surface area contributed by atoms with E-state index in [-0.39, 0.29) is 11.8 Å². The molecule has 1 aromatic rings. The van der Waals surface area contributed by atoms with Crippen molar-refractivity contribution in [2.24, 2.45) is 5.92 Å². The first-order valence-corrected chi connectivity index (χ1v) is 7.28. The van der Waals surface area contributed by atoms with Gasteiger partial charge in [-0.2, -0.15) is 0 Å². The summed E-state index contributed by atoms with van der Waals surface area (Å²) < 4.78 is 5.79. The van der Waals surface area contributed by atoms with E-state index in [0.717, 1.165) is 0 Å². The van der Waals surface area contributed by atoms with Crippen LogP contribution in [0.1, 0.15) is 20.3 Å². The quantitative estimate of drug-likeness (QED) is 0.665. The molecule has 5 nitrogen and oxygen atoms in total. The molecule has 1 atom stereocenters. The molecule has 0 spiro atoms. The zero-order chi connectivity index (χ0) is 14.7. The smallest absolute Gasteiger partial charge is 0.308 e. The van der Waals surface area contributed by atoms with Gasteiger partial charge >= 0.3 is 5.97 Å². The molecule has 20 heavy (non-hydrogen) atoms. The van der Waals surface area contributed by atoms with Crippen LogP contribution in [0.4, 0.5) is 5.13 Å². The van der Waals surface area contributed by atoms with E-state index >= 15 is 0 Å². The molecule has 2 rings (SSSR count). The molecule has 1 amide bonds. The number of hydrogen-bond donors (Lipinski definition) is 2. The summed E-state index contributed by atoms with van der Waals surface area (Å²) in [5.74, 6) is -0.237. The Labute approximate surface area is 126 Å². The monoisotopic (exact) mass is 310 g/mol. The number of esters is 1. The van der Waals surface area contributed by atoms with Crippen LogP contribution in [0.2, 0.25) is 0 Å². The number of amides is 1. The second-order valence-electron chi connectivity index (χ2n) is 4.43. The molecule has 1 N–H and O–H groups in total. The summed E-state index contributed by atoms with van der Waals surface area (Å²) in [6.07, 6.45) is 5.65. The number of carbonyl (C=O) groups is 2. The minimum Gasteiger partial charge on any atom is -0.426 e. The van der Waals surface area contributed by atoms with Gasteiger partial charge in [0.1, 0.15) is 5.76 Å². The third kappa shape index (κ3) is 3.71. The highest BCUT2D eigenvalue weighted by Gasteiger charge is 2.22. The lowest BCUT2D eigenvalue weighted by atomic mass is 9.94. The van der Waals surface area contributed by atoms with E-state index in [1.807, 2.05) is 13.0 Å². The molecule has 7 heteroatoms. The van der Waals surface area contributed by atoms with Crippen LogP contribution in [0.5, 0.6) is 0 Å². The molecular weight excluding hydrogens is 296 g/mol. The normalized spacial score (nSPS) is 18.1. The Morgan fingerprint density at radius 2 is 2.30 bits per heavy atom. The van der Waals surface area contributed by atoms with Crippen LogP contribution < -0.4 is 5.32 Å². The van der Waals surface area contributed by atoms with Crippen molar-refractivity contribution in [3.63, 3.8) is 0 Å². The van der Waals surface area contributed by atoms with Crippen LogP contribution in [0.25, 0.3) is 0 Å². The Kier molecular flexibility index (Phi) is 4.61. The van der Waals surface area contributed by atoms with Crippen molar-refractivity contribution < 1.29 is 14.3 Å². The number of thiol groups is 1. The predicted octanol–water partition coefficient (Wildman–Crippen LogP) is 2.78. The fraction of sp³-hybridized carbons (Fsp3) is 0.308. The molecule has 1 aliphatic rings. The number of aromatic nitrogens is 1. The van der Waals surface area contributed by atoms with Crippen molar-refractivity contribution >= 4 is 41.0 Å². The summed E-state index contributed by atoms with van der Waals surface area (Å²) in [5.41, 5.74) is 0.450. The molecule has 0 aliphatic heterocycles. The third-order valence-electron chi connectivity index (χ3n) is 2.64. The molecule has 0 bridgehead atoms. The van der Waals surface area contributed by atoms with Crippen molar-refractivity contribution in [1.82, 2.24) is 4.98 Å². The number of nitrogens with one attached hydrogen (secondary N) is 1. The zero-order valence-electron chi connectivity index (χ0n) is 11.0. The number of thiazole rings is 1. The average Bonchev–Trinajstić information content (AvgIpc) is 2.76. The molecule has 1 heterocycles. The second kappa shape index (κ2) is 6.23. The van der Waals surface area contributed by atoms with Gasteiger partial charge < -0.3 is 4.74 Å². The number of ether oxygens (including phenoxy) is 1. The molecule has 1 aromatic heterocycles. The van der Waals surface area contributed by atoms with Gasteiger partial charge in [0, 0.05) is 6.92 Å². The summed E-state index contributed by atoms with van der Waals surface area (Å²) in [4.78, 5) is 27.4. The van der Waals surface area contributed by atoms with Gasteiger partial charge in [0.2, 0.25) is 0 Å². The van der Waals surface area contributed by atoms with Gasteiger partial charge in [0.25, 0.3) is 5.91 Å². The predicted molar refractivity (Wildman–Crippen MR) is 79.7 cm³/mol. The first-order valence-electron chi connectivity index (χ1n) is 6.01. The number of nitrogens with zero attached hydrogens (tertiary/aromatic N) is 1. The zero-order valence-corrected chi connectivity index (χ0v) is 12.8. The number of allylic oxidation sites excluding steroid dienone is 2. The minimum atomic E-state index is -0.448. The largest absolute Gasteiger partial charge is 0.426 e. The molecular formula is C13H14N2O3S2. The SMILES string of the molecule is CC(=O)OC1=C(C(=O)Nc2ncc(S)s2)CC(C)C=C1. The second-order valence-corrected chi connectivity index (χ2v) is 6.25. The van der Waals surface area contributed by atoms with E-state index in [2.05, 4.69) is 22.9 Å². The molecule has 0 radical (unpaired) electrons. The number of carbonyl (C=O) groups excluding carboxylic acids is 2. The summed E-state index contributed by atoms with van der Waals surface area (Å²) in [6.45, 7) is 3.30. The summed E-state index contributed by atoms with van der Waals surface area (Å²) in [7, 11) is 0. The highest BCUT2D eigenvalue weighted by molar-refractivity contribution is 7.83. The Bertz CT molecular complexity index is 605. The first-order chi connectivity index (χ1) is 9.45. The Hall–Kier alpha value is -1.60. The van der Waals surface area contributed by atoms with Crippen LogP contribution in [0.3, 0.4) is 0 Å². The standard InChI is InChI=1S/C13H14N2O3S2/c1-7-3-4-10(18-8(2)16)9(5-7)12(17)15-13-14-6-11(19)20-13/h3-4,6-7,19H,5H2,1-2H3,(H,14,15,17). The first kappa shape index (κ1) is 14.8. The van der Waals surface area contributed by atoms with E-state index < -0.39 is 5.97 Å². The van der Waals surface area contributed by atoms with Crippen LogP contribution in [0.15, 0.2) is 33.9 Å². The molecule has 0 fully saturated rings. The fourth-order valence-corrected chi connectivity index (χ4v) is 2.66. The van der Waals surface area contributed by atoms with E-state index in [1.54, 1.807) is 12.3 Å². The van der Waals surface area contributed by atoms with Crippen molar-refractivity contribution in [3.05, 3.63) is 29.7 Å². The summed E-state index contributed by atoms with van der Waals surface area (Å²) >= 11 is 5.41. The molecule has 0 aromatic carbocycles. The van der Waals surface area contributed by atoms with Crippen molar-refractivity contribution in [1.29, 1.82) is 0 Å². The van der Waals surface area contributed by atoms with E-state index in [0.29, 0.717) is 27.1 Å². The van der Waals surface area contributed by atoms with Crippen LogP contribution in [0, 0.1) is 5.92 Å². The summed E-state index contributed by atoms with van der Waals surface area (Å²) in [5, 5.41) is 3.16. The van der Waals surface area contributed by atoms with E-state index in [1.165, 1.54) is 18.3 Å². The maximum absolute atomic E-state index is 12.3. The molecule has 1 unspecified atom stereocenters. The van der Waals surface area contributed by atoms with Gasteiger partial charge in [0.05, 0.1) is 16.0 Å². The lowest BCUT2D eigenvalue weighted by Gasteiger charge is -2.18.